The van der Waals surface area contributed by atoms with E-state index in [1.54, 1.807) is 0 Å². The topological polar surface area (TPSA) is 43.1 Å². The minimum absolute atomic E-state index is 0.0134. The summed E-state index contributed by atoms with van der Waals surface area (Å²) in [4.78, 5) is 11.2. The lowest BCUT2D eigenvalue weighted by molar-refractivity contribution is -0.116. The Kier molecular flexibility index (Phi) is 4.42. The second-order valence-electron chi connectivity index (χ2n) is 3.01. The largest absolute Gasteiger partial charge is 0.399 e. The number of Topliss-reactive ketones (excluding diaryl/α,β-unsaturated/α-hetero) is 1. The number of nitrogen functional groups attached to an aromatic ring is 1. The van der Waals surface area contributed by atoms with Crippen LogP contribution in [0.5, 0.6) is 0 Å². The van der Waals surface area contributed by atoms with Crippen molar-refractivity contribution in [3.05, 3.63) is 29.3 Å². The van der Waals surface area contributed by atoms with Gasteiger partial charge in [-0.05, 0) is 23.3 Å². The number of carbonyl (C=O) groups is 1. The van der Waals surface area contributed by atoms with E-state index in [1.165, 1.54) is 0 Å². The van der Waals surface area contributed by atoms with Crippen LogP contribution in [0.2, 0.25) is 0 Å². The number of hydrogen-bond donors (Lipinski definition) is 1. The molecule has 14 heavy (non-hydrogen) atoms. The van der Waals surface area contributed by atoms with E-state index in [4.69, 9.17) is 17.3 Å². The zero-order chi connectivity index (χ0) is 10.6. The number of anilines is 1. The molecule has 0 aliphatic heterocycles. The van der Waals surface area contributed by atoms with Crippen LogP contribution in [0.25, 0.3) is 0 Å². The van der Waals surface area contributed by atoms with Crippen molar-refractivity contribution in [3.8, 4) is 0 Å². The number of nitrogens with two attached hydrogens (primary N) is 1. The zero-order valence-corrected chi connectivity index (χ0v) is 9.94. The minimum Gasteiger partial charge on any atom is -0.399 e. The molecule has 2 nitrogen and oxygen atoms in total. The average molecular weight is 277 g/mol. The standard InChI is InChI=1S/C10H11BrClNO/c11-5-7-1-2-9(13)3-8(7)4-10(14)6-12/h1-3H,4-6,13H2. The fourth-order valence-corrected chi connectivity index (χ4v) is 1.84. The Hall–Kier alpha value is -0.540. The van der Waals surface area contributed by atoms with Gasteiger partial charge >= 0.3 is 0 Å². The van der Waals surface area contributed by atoms with E-state index in [0.29, 0.717) is 12.1 Å². The Bertz CT molecular complexity index is 341. The lowest BCUT2D eigenvalue weighted by atomic mass is 10.0. The van der Waals surface area contributed by atoms with E-state index >= 15 is 0 Å². The Balaban J connectivity index is 2.93. The van der Waals surface area contributed by atoms with Crippen LogP contribution in [0.4, 0.5) is 5.69 Å². The number of rotatable bonds is 4. The molecule has 0 saturated heterocycles. The first-order valence-corrected chi connectivity index (χ1v) is 5.84. The SMILES string of the molecule is Nc1ccc(CBr)c(CC(=O)CCl)c1. The molecule has 0 unspecified atom stereocenters. The van der Waals surface area contributed by atoms with Gasteiger partial charge in [-0.1, -0.05) is 22.0 Å². The molecule has 1 rings (SSSR count). The highest BCUT2D eigenvalue weighted by molar-refractivity contribution is 9.08. The van der Waals surface area contributed by atoms with Gasteiger partial charge in [0.2, 0.25) is 0 Å². The molecule has 0 aliphatic carbocycles. The molecule has 0 amide bonds. The average Bonchev–Trinajstić information content (AvgIpc) is 2.18. The molecule has 0 radical (unpaired) electrons. The van der Waals surface area contributed by atoms with E-state index < -0.39 is 0 Å². The van der Waals surface area contributed by atoms with Gasteiger partial charge in [0.1, 0.15) is 0 Å². The Morgan fingerprint density at radius 2 is 2.14 bits per heavy atom. The van der Waals surface area contributed by atoms with Gasteiger partial charge in [-0.3, -0.25) is 4.79 Å². The van der Waals surface area contributed by atoms with Crippen LogP contribution in [0, 0.1) is 0 Å². The smallest absolute Gasteiger partial charge is 0.151 e. The van der Waals surface area contributed by atoms with E-state index in [9.17, 15) is 4.79 Å². The third kappa shape index (κ3) is 3.00. The van der Waals surface area contributed by atoms with Crippen LogP contribution in [0.3, 0.4) is 0 Å². The third-order valence-corrected chi connectivity index (χ3v) is 2.81. The Morgan fingerprint density at radius 3 is 2.71 bits per heavy atom. The summed E-state index contributed by atoms with van der Waals surface area (Å²) in [6, 6.07) is 5.56. The summed E-state index contributed by atoms with van der Waals surface area (Å²) in [5, 5.41) is 0.720. The number of ketones is 1. The van der Waals surface area contributed by atoms with E-state index in [2.05, 4.69) is 15.9 Å². The first-order valence-electron chi connectivity index (χ1n) is 4.18. The summed E-state index contributed by atoms with van der Waals surface area (Å²) in [6.07, 6.45) is 0.357. The maximum atomic E-state index is 11.2. The molecular formula is C10H11BrClNO. The van der Waals surface area contributed by atoms with Crippen molar-refractivity contribution in [1.82, 2.24) is 0 Å². The van der Waals surface area contributed by atoms with Crippen molar-refractivity contribution < 1.29 is 4.79 Å². The zero-order valence-electron chi connectivity index (χ0n) is 7.59. The van der Waals surface area contributed by atoms with Crippen LogP contribution in [-0.4, -0.2) is 11.7 Å². The van der Waals surface area contributed by atoms with Gasteiger partial charge in [0.25, 0.3) is 0 Å². The van der Waals surface area contributed by atoms with Crippen molar-refractivity contribution in [2.45, 2.75) is 11.8 Å². The van der Waals surface area contributed by atoms with Crippen molar-refractivity contribution in [3.63, 3.8) is 0 Å². The van der Waals surface area contributed by atoms with Crippen LogP contribution >= 0.6 is 27.5 Å². The first-order chi connectivity index (χ1) is 6.67. The van der Waals surface area contributed by atoms with E-state index in [-0.39, 0.29) is 11.7 Å². The maximum absolute atomic E-state index is 11.2. The van der Waals surface area contributed by atoms with Gasteiger partial charge in [0, 0.05) is 17.4 Å². The molecule has 76 valence electrons. The van der Waals surface area contributed by atoms with Crippen LogP contribution in [-0.2, 0) is 16.5 Å². The summed E-state index contributed by atoms with van der Waals surface area (Å²) in [7, 11) is 0. The van der Waals surface area contributed by atoms with Gasteiger partial charge in [-0.2, -0.15) is 0 Å². The molecule has 0 heterocycles. The molecule has 0 fully saturated rings. The monoisotopic (exact) mass is 275 g/mol. The van der Waals surface area contributed by atoms with Crippen LogP contribution < -0.4 is 5.73 Å². The van der Waals surface area contributed by atoms with Crippen LogP contribution in [0.15, 0.2) is 18.2 Å². The third-order valence-electron chi connectivity index (χ3n) is 1.91. The van der Waals surface area contributed by atoms with Gasteiger partial charge < -0.3 is 5.73 Å². The molecule has 0 spiro atoms. The number of halogens is 2. The van der Waals surface area contributed by atoms with E-state index in [0.717, 1.165) is 16.5 Å². The quantitative estimate of drug-likeness (QED) is 0.678. The van der Waals surface area contributed by atoms with Gasteiger partial charge in [-0.25, -0.2) is 0 Å². The highest BCUT2D eigenvalue weighted by Gasteiger charge is 2.06. The second kappa shape index (κ2) is 5.37. The number of hydrogen-bond acceptors (Lipinski definition) is 2. The van der Waals surface area contributed by atoms with Gasteiger partial charge in [-0.15, -0.1) is 11.6 Å². The predicted octanol–water partition coefficient (Wildman–Crippen LogP) is 2.51. The van der Waals surface area contributed by atoms with Crippen molar-refractivity contribution in [2.75, 3.05) is 11.6 Å². The highest BCUT2D eigenvalue weighted by Crippen LogP contribution is 2.17. The number of alkyl halides is 2. The lowest BCUT2D eigenvalue weighted by Gasteiger charge is -2.06. The lowest BCUT2D eigenvalue weighted by Crippen LogP contribution is -2.06. The van der Waals surface area contributed by atoms with Gasteiger partial charge in [0.05, 0.1) is 5.88 Å². The fraction of sp³-hybridized carbons (Fsp3) is 0.300. The van der Waals surface area contributed by atoms with Crippen LogP contribution in [0.1, 0.15) is 11.1 Å². The summed E-state index contributed by atoms with van der Waals surface area (Å²) in [6.45, 7) is 0. The maximum Gasteiger partial charge on any atom is 0.151 e. The molecule has 0 saturated carbocycles. The molecule has 1 aromatic carbocycles. The number of benzene rings is 1. The fourth-order valence-electron chi connectivity index (χ4n) is 1.20. The minimum atomic E-state index is 0.0134. The second-order valence-corrected chi connectivity index (χ2v) is 3.84. The molecule has 2 N–H and O–H groups in total. The van der Waals surface area contributed by atoms with Crippen molar-refractivity contribution >= 4 is 39.0 Å². The molecular weight excluding hydrogens is 265 g/mol. The molecule has 0 atom stereocenters. The van der Waals surface area contributed by atoms with E-state index in [1.807, 2.05) is 18.2 Å². The Labute approximate surface area is 96.6 Å². The molecule has 4 heteroatoms. The van der Waals surface area contributed by atoms with Gasteiger partial charge in [0.15, 0.2) is 5.78 Å². The predicted molar refractivity (Wildman–Crippen MR) is 62.9 cm³/mol. The normalized spacial score (nSPS) is 10.1. The van der Waals surface area contributed by atoms with Crippen molar-refractivity contribution in [1.29, 1.82) is 0 Å². The Morgan fingerprint density at radius 1 is 1.43 bits per heavy atom. The molecule has 0 aromatic heterocycles. The summed E-state index contributed by atoms with van der Waals surface area (Å²) >= 11 is 8.80. The highest BCUT2D eigenvalue weighted by atomic mass is 79.9. The molecule has 1 aromatic rings. The van der Waals surface area contributed by atoms with Crippen molar-refractivity contribution in [2.24, 2.45) is 0 Å². The number of carbonyl (C=O) groups excluding carboxylic acids is 1. The first kappa shape index (κ1) is 11.5. The summed E-state index contributed by atoms with van der Waals surface area (Å²) < 4.78 is 0. The molecule has 0 bridgehead atoms. The molecule has 0 aliphatic rings. The summed E-state index contributed by atoms with van der Waals surface area (Å²) in [5.74, 6) is 0.0655. The summed E-state index contributed by atoms with van der Waals surface area (Å²) in [5.41, 5.74) is 8.35.